The second kappa shape index (κ2) is 6.46. The number of nitriles is 1. The number of hydrogen-bond acceptors (Lipinski definition) is 6. The number of aryl methyl sites for hydroxylation is 1. The first-order chi connectivity index (χ1) is 11.1. The van der Waals surface area contributed by atoms with E-state index in [0.717, 1.165) is 0 Å². The van der Waals surface area contributed by atoms with Gasteiger partial charge < -0.3 is 14.5 Å². The van der Waals surface area contributed by atoms with Gasteiger partial charge in [0.2, 0.25) is 11.9 Å². The average Bonchev–Trinajstić information content (AvgIpc) is 2.96. The first-order valence-corrected chi connectivity index (χ1v) is 7.61. The van der Waals surface area contributed by atoms with Crippen molar-refractivity contribution in [2.24, 2.45) is 0 Å². The highest BCUT2D eigenvalue weighted by Crippen LogP contribution is 2.26. The van der Waals surface area contributed by atoms with E-state index in [-0.39, 0.29) is 30.5 Å². The number of carbonyl (C=O) groups is 1. The normalized spacial score (nSPS) is 24.6. The molecule has 3 heterocycles. The zero-order chi connectivity index (χ0) is 16.4. The summed E-state index contributed by atoms with van der Waals surface area (Å²) in [7, 11) is 0. The Morgan fingerprint density at radius 3 is 2.87 bits per heavy atom. The number of alkyl halides is 1. The molecular formula is C15H18FN5O2. The predicted molar refractivity (Wildman–Crippen MR) is 79.5 cm³/mol. The largest absolute Gasteiger partial charge is 0.378 e. The molecule has 0 aliphatic carbocycles. The number of carbonyl (C=O) groups excluding carboxylic acids is 1. The maximum absolute atomic E-state index is 14.0. The van der Waals surface area contributed by atoms with Crippen molar-refractivity contribution in [3.63, 3.8) is 0 Å². The number of morpholine rings is 1. The van der Waals surface area contributed by atoms with Gasteiger partial charge in [-0.05, 0) is 13.0 Å². The highest BCUT2D eigenvalue weighted by Gasteiger charge is 2.40. The van der Waals surface area contributed by atoms with E-state index in [1.54, 1.807) is 22.8 Å². The third-order valence-corrected chi connectivity index (χ3v) is 4.07. The molecule has 1 amide bonds. The summed E-state index contributed by atoms with van der Waals surface area (Å²) in [5.41, 5.74) is 0.832. The Morgan fingerprint density at radius 1 is 1.43 bits per heavy atom. The molecule has 0 radical (unpaired) electrons. The van der Waals surface area contributed by atoms with Gasteiger partial charge in [-0.2, -0.15) is 5.26 Å². The van der Waals surface area contributed by atoms with Crippen LogP contribution in [0, 0.1) is 18.3 Å². The molecule has 2 saturated heterocycles. The lowest BCUT2D eigenvalue weighted by Crippen LogP contribution is -2.50. The number of ether oxygens (including phenoxy) is 1. The van der Waals surface area contributed by atoms with Gasteiger partial charge in [-0.25, -0.2) is 14.4 Å². The average molecular weight is 319 g/mol. The Kier molecular flexibility index (Phi) is 4.39. The van der Waals surface area contributed by atoms with Crippen molar-refractivity contribution in [1.82, 2.24) is 14.9 Å². The number of aromatic nitrogens is 2. The van der Waals surface area contributed by atoms with Crippen molar-refractivity contribution in [2.75, 3.05) is 37.7 Å². The van der Waals surface area contributed by atoms with Crippen LogP contribution in [-0.4, -0.2) is 65.8 Å². The van der Waals surface area contributed by atoms with E-state index in [4.69, 9.17) is 10.00 Å². The van der Waals surface area contributed by atoms with Gasteiger partial charge in [0.15, 0.2) is 0 Å². The second-order valence-corrected chi connectivity index (χ2v) is 5.75. The molecule has 1 aromatic heterocycles. The first kappa shape index (κ1) is 15.6. The van der Waals surface area contributed by atoms with Gasteiger partial charge in [0.05, 0.1) is 19.8 Å². The summed E-state index contributed by atoms with van der Waals surface area (Å²) in [4.78, 5) is 24.4. The zero-order valence-corrected chi connectivity index (χ0v) is 12.9. The number of rotatable bonds is 2. The minimum atomic E-state index is -1.11. The minimum absolute atomic E-state index is 0.0646. The summed E-state index contributed by atoms with van der Waals surface area (Å²) in [5.74, 6) is 0.116. The van der Waals surface area contributed by atoms with Crippen molar-refractivity contribution >= 4 is 11.9 Å². The Bertz CT molecular complexity index is 641. The molecule has 1 aromatic rings. The Hall–Kier alpha value is -2.27. The van der Waals surface area contributed by atoms with Crippen LogP contribution in [0.4, 0.5) is 10.3 Å². The monoisotopic (exact) mass is 319 g/mol. The summed E-state index contributed by atoms with van der Waals surface area (Å²) in [6.07, 6.45) is -0.991. The number of nitrogens with zero attached hydrogens (tertiary/aromatic N) is 5. The molecule has 0 bridgehead atoms. The Morgan fingerprint density at radius 2 is 2.17 bits per heavy atom. The number of hydrogen-bond donors (Lipinski definition) is 0. The molecule has 0 spiro atoms. The smallest absolute Gasteiger partial charge is 0.245 e. The van der Waals surface area contributed by atoms with E-state index in [0.29, 0.717) is 32.0 Å². The van der Waals surface area contributed by atoms with Crippen LogP contribution >= 0.6 is 0 Å². The molecule has 7 nitrogen and oxygen atoms in total. The lowest BCUT2D eigenvalue weighted by atomic mass is 10.1. The third kappa shape index (κ3) is 3.24. The molecule has 3 rings (SSSR count). The summed E-state index contributed by atoms with van der Waals surface area (Å²) in [6, 6.07) is 2.90. The number of halogens is 1. The fourth-order valence-electron chi connectivity index (χ4n) is 2.97. The lowest BCUT2D eigenvalue weighted by molar-refractivity contribution is -0.136. The summed E-state index contributed by atoms with van der Waals surface area (Å²) in [6.45, 7) is 3.83. The number of amides is 1. The second-order valence-electron chi connectivity index (χ2n) is 5.75. The zero-order valence-electron chi connectivity index (χ0n) is 12.9. The van der Waals surface area contributed by atoms with Gasteiger partial charge in [0, 0.05) is 25.2 Å². The van der Waals surface area contributed by atoms with Crippen LogP contribution in [0.2, 0.25) is 0 Å². The first-order valence-electron chi connectivity index (χ1n) is 7.61. The molecule has 0 unspecified atom stereocenters. The topological polar surface area (TPSA) is 82.4 Å². The standard InChI is InChI=1S/C15H18FN5O2/c1-10-6-12(8-17)19-15(18-10)21-9-11(16)7-13(21)14(22)20-2-4-23-5-3-20/h6,11,13H,2-5,7,9H2,1H3/t11-,13+/m1/s1. The maximum Gasteiger partial charge on any atom is 0.245 e. The van der Waals surface area contributed by atoms with Gasteiger partial charge in [0.1, 0.15) is 24.0 Å². The molecule has 0 N–H and O–H groups in total. The highest BCUT2D eigenvalue weighted by atomic mass is 19.1. The third-order valence-electron chi connectivity index (χ3n) is 4.07. The van der Waals surface area contributed by atoms with Gasteiger partial charge in [0.25, 0.3) is 0 Å². The van der Waals surface area contributed by atoms with E-state index in [9.17, 15) is 9.18 Å². The van der Waals surface area contributed by atoms with Crippen molar-refractivity contribution in [3.05, 3.63) is 17.5 Å². The van der Waals surface area contributed by atoms with E-state index in [1.807, 2.05) is 6.07 Å². The molecule has 23 heavy (non-hydrogen) atoms. The fraction of sp³-hybridized carbons (Fsp3) is 0.600. The summed E-state index contributed by atoms with van der Waals surface area (Å²) >= 11 is 0. The van der Waals surface area contributed by atoms with Crippen LogP contribution in [0.1, 0.15) is 17.8 Å². The van der Waals surface area contributed by atoms with Crippen LogP contribution in [0.3, 0.4) is 0 Å². The number of anilines is 1. The molecule has 8 heteroatoms. The molecule has 2 aliphatic heterocycles. The van der Waals surface area contributed by atoms with Crippen LogP contribution in [0.15, 0.2) is 6.07 Å². The summed E-state index contributed by atoms with van der Waals surface area (Å²) < 4.78 is 19.2. The van der Waals surface area contributed by atoms with E-state index >= 15 is 0 Å². The van der Waals surface area contributed by atoms with Crippen molar-refractivity contribution in [1.29, 1.82) is 5.26 Å². The minimum Gasteiger partial charge on any atom is -0.378 e. The lowest BCUT2D eigenvalue weighted by Gasteiger charge is -2.32. The van der Waals surface area contributed by atoms with Crippen LogP contribution in [-0.2, 0) is 9.53 Å². The van der Waals surface area contributed by atoms with Gasteiger partial charge >= 0.3 is 0 Å². The predicted octanol–water partition coefficient (Wildman–Crippen LogP) is 0.432. The molecular weight excluding hydrogens is 301 g/mol. The maximum atomic E-state index is 14.0. The van der Waals surface area contributed by atoms with Gasteiger partial charge in [-0.15, -0.1) is 0 Å². The van der Waals surface area contributed by atoms with Crippen molar-refractivity contribution in [3.8, 4) is 6.07 Å². The molecule has 2 fully saturated rings. The Labute approximate surface area is 133 Å². The van der Waals surface area contributed by atoms with Crippen LogP contribution in [0.5, 0.6) is 0 Å². The molecule has 2 atom stereocenters. The van der Waals surface area contributed by atoms with E-state index in [2.05, 4.69) is 9.97 Å². The van der Waals surface area contributed by atoms with Crippen molar-refractivity contribution in [2.45, 2.75) is 25.6 Å². The SMILES string of the molecule is Cc1cc(C#N)nc(N2C[C@H](F)C[C@H]2C(=O)N2CCOCC2)n1. The Balaban J connectivity index is 1.86. The highest BCUT2D eigenvalue weighted by molar-refractivity contribution is 5.85. The van der Waals surface area contributed by atoms with E-state index in [1.165, 1.54) is 0 Å². The van der Waals surface area contributed by atoms with Crippen molar-refractivity contribution < 1.29 is 13.9 Å². The van der Waals surface area contributed by atoms with Crippen LogP contribution in [0.25, 0.3) is 0 Å². The molecule has 0 aromatic carbocycles. The molecule has 0 saturated carbocycles. The van der Waals surface area contributed by atoms with Gasteiger partial charge in [-0.3, -0.25) is 4.79 Å². The summed E-state index contributed by atoms with van der Waals surface area (Å²) in [5, 5.41) is 9.04. The quantitative estimate of drug-likeness (QED) is 0.786. The fourth-order valence-corrected chi connectivity index (χ4v) is 2.97. The van der Waals surface area contributed by atoms with Gasteiger partial charge in [-0.1, -0.05) is 0 Å². The van der Waals surface area contributed by atoms with E-state index < -0.39 is 12.2 Å². The molecule has 122 valence electrons. The molecule has 2 aliphatic rings. The van der Waals surface area contributed by atoms with Crippen LogP contribution < -0.4 is 4.90 Å².